The molecule has 7 rings (SSSR count). The molecule has 0 saturated carbocycles. The quantitative estimate of drug-likeness (QED) is 0.231. The average Bonchev–Trinajstić information content (AvgIpc) is 3.43. The fourth-order valence-electron chi connectivity index (χ4n) is 7.05. The monoisotopic (exact) mass is 525 g/mol. The number of benzene rings is 4. The minimum absolute atomic E-state index is 0.130. The molecule has 40 heavy (non-hydrogen) atoms. The van der Waals surface area contributed by atoms with Crippen molar-refractivity contribution in [1.29, 1.82) is 0 Å². The summed E-state index contributed by atoms with van der Waals surface area (Å²) in [7, 11) is 1.59. The van der Waals surface area contributed by atoms with Crippen LogP contribution in [0.15, 0.2) is 103 Å². The SMILES string of the molecule is COc1cccc([C@H]2[C@H](C(=O)c3ccccc3)N3c4cc(C)ccc4C=C[C@H]3C23C(=O)c2ccccc2C3=O)c1. The first-order chi connectivity index (χ1) is 19.5. The van der Waals surface area contributed by atoms with Crippen molar-refractivity contribution in [2.75, 3.05) is 12.0 Å². The van der Waals surface area contributed by atoms with Gasteiger partial charge in [-0.25, -0.2) is 0 Å². The highest BCUT2D eigenvalue weighted by Crippen LogP contribution is 2.61. The smallest absolute Gasteiger partial charge is 0.185 e. The number of carbonyl (C=O) groups excluding carboxylic acids is 3. The number of methoxy groups -OCH3 is 1. The van der Waals surface area contributed by atoms with Crippen molar-refractivity contribution in [2.45, 2.75) is 24.9 Å². The Morgan fingerprint density at radius 1 is 0.825 bits per heavy atom. The molecule has 1 fully saturated rings. The molecular weight excluding hydrogens is 498 g/mol. The van der Waals surface area contributed by atoms with Gasteiger partial charge in [-0.2, -0.15) is 0 Å². The molecule has 3 aliphatic rings. The van der Waals surface area contributed by atoms with Crippen molar-refractivity contribution in [2.24, 2.45) is 5.41 Å². The number of anilines is 1. The Hall–Kier alpha value is -4.77. The van der Waals surface area contributed by atoms with Gasteiger partial charge in [-0.05, 0) is 41.8 Å². The van der Waals surface area contributed by atoms with Crippen LogP contribution in [-0.4, -0.2) is 36.5 Å². The van der Waals surface area contributed by atoms with Gasteiger partial charge in [0.2, 0.25) is 0 Å². The fourth-order valence-corrected chi connectivity index (χ4v) is 7.05. The standard InChI is InChI=1S/C35H27NO4/c1-21-15-16-22-17-18-29-35(33(38)26-13-6-7-14-27(26)34(35)39)30(24-11-8-12-25(20-24)40-2)31(36(29)28(22)19-21)32(37)23-9-4-3-5-10-23/h3-20,29-31H,1-2H3/t29-,30-,31+/m0/s1. The van der Waals surface area contributed by atoms with E-state index in [0.29, 0.717) is 22.4 Å². The first kappa shape index (κ1) is 24.3. The summed E-state index contributed by atoms with van der Waals surface area (Å²) < 4.78 is 5.57. The lowest BCUT2D eigenvalue weighted by Gasteiger charge is -2.37. The number of Topliss-reactive ketones (excluding diaryl/α,β-unsaturated/α-hetero) is 3. The number of fused-ring (bicyclic) bond motifs is 5. The molecule has 2 aliphatic heterocycles. The molecule has 0 amide bonds. The van der Waals surface area contributed by atoms with E-state index in [1.165, 1.54) is 0 Å². The molecule has 0 unspecified atom stereocenters. The lowest BCUT2D eigenvalue weighted by atomic mass is 9.64. The summed E-state index contributed by atoms with van der Waals surface area (Å²) in [6, 6.07) is 28.3. The Morgan fingerprint density at radius 2 is 1.52 bits per heavy atom. The van der Waals surface area contributed by atoms with Crippen molar-refractivity contribution >= 4 is 29.1 Å². The third kappa shape index (κ3) is 3.18. The van der Waals surface area contributed by atoms with Crippen LogP contribution < -0.4 is 9.64 Å². The normalized spacial score (nSPS) is 21.8. The largest absolute Gasteiger partial charge is 0.497 e. The third-order valence-electron chi connectivity index (χ3n) is 8.74. The van der Waals surface area contributed by atoms with Gasteiger partial charge in [0, 0.05) is 28.3 Å². The van der Waals surface area contributed by atoms with Gasteiger partial charge in [-0.3, -0.25) is 14.4 Å². The Bertz CT molecular complexity index is 1700. The summed E-state index contributed by atoms with van der Waals surface area (Å²) in [6.07, 6.45) is 3.93. The second kappa shape index (κ2) is 8.88. The molecule has 2 heterocycles. The Balaban J connectivity index is 1.57. The average molecular weight is 526 g/mol. The predicted octanol–water partition coefficient (Wildman–Crippen LogP) is 6.32. The van der Waals surface area contributed by atoms with Crippen molar-refractivity contribution in [3.05, 3.63) is 137 Å². The topological polar surface area (TPSA) is 63.7 Å². The number of hydrogen-bond donors (Lipinski definition) is 0. The second-order valence-electron chi connectivity index (χ2n) is 10.8. The van der Waals surface area contributed by atoms with Gasteiger partial charge in [0.25, 0.3) is 0 Å². The van der Waals surface area contributed by atoms with E-state index in [-0.39, 0.29) is 17.3 Å². The zero-order valence-electron chi connectivity index (χ0n) is 22.2. The Labute approximate surface area is 232 Å². The number of ether oxygens (including phenoxy) is 1. The van der Waals surface area contributed by atoms with Crippen LogP contribution in [0.1, 0.15) is 53.7 Å². The van der Waals surface area contributed by atoms with Gasteiger partial charge >= 0.3 is 0 Å². The highest BCUT2D eigenvalue weighted by atomic mass is 16.5. The van der Waals surface area contributed by atoms with E-state index in [1.54, 1.807) is 43.5 Å². The predicted molar refractivity (Wildman–Crippen MR) is 154 cm³/mol. The van der Waals surface area contributed by atoms with Gasteiger partial charge < -0.3 is 9.64 Å². The van der Waals surface area contributed by atoms with Crippen molar-refractivity contribution in [1.82, 2.24) is 0 Å². The molecule has 0 N–H and O–H groups in total. The van der Waals surface area contributed by atoms with Crippen LogP contribution >= 0.6 is 0 Å². The van der Waals surface area contributed by atoms with E-state index in [1.807, 2.05) is 78.6 Å². The van der Waals surface area contributed by atoms with Crippen LogP contribution in [-0.2, 0) is 0 Å². The maximum Gasteiger partial charge on any atom is 0.185 e. The molecule has 0 aromatic heterocycles. The van der Waals surface area contributed by atoms with E-state index < -0.39 is 23.4 Å². The fraction of sp³-hybridized carbons (Fsp3) is 0.171. The number of rotatable bonds is 4. The number of nitrogens with zero attached hydrogens (tertiary/aromatic N) is 1. The van der Waals surface area contributed by atoms with Gasteiger partial charge in [0.15, 0.2) is 17.3 Å². The molecule has 1 spiro atoms. The summed E-state index contributed by atoms with van der Waals surface area (Å²) in [5.74, 6) is -0.760. The second-order valence-corrected chi connectivity index (χ2v) is 10.8. The molecule has 4 aromatic rings. The molecule has 5 nitrogen and oxygen atoms in total. The molecule has 5 heteroatoms. The van der Waals surface area contributed by atoms with E-state index in [9.17, 15) is 14.4 Å². The lowest BCUT2D eigenvalue weighted by Crippen LogP contribution is -2.48. The molecule has 0 radical (unpaired) electrons. The van der Waals surface area contributed by atoms with Crippen molar-refractivity contribution in [3.8, 4) is 5.75 Å². The summed E-state index contributed by atoms with van der Waals surface area (Å²) in [5.41, 5.74) is 3.39. The highest BCUT2D eigenvalue weighted by molar-refractivity contribution is 6.32. The van der Waals surface area contributed by atoms with Crippen LogP contribution in [0.4, 0.5) is 5.69 Å². The van der Waals surface area contributed by atoms with E-state index in [4.69, 9.17) is 4.74 Å². The van der Waals surface area contributed by atoms with Crippen LogP contribution in [0.25, 0.3) is 6.08 Å². The van der Waals surface area contributed by atoms with Gasteiger partial charge in [0.1, 0.15) is 17.2 Å². The Morgan fingerprint density at radius 3 is 2.23 bits per heavy atom. The summed E-state index contributed by atoms with van der Waals surface area (Å²) >= 11 is 0. The van der Waals surface area contributed by atoms with Gasteiger partial charge in [-0.1, -0.05) is 91.0 Å². The molecule has 3 atom stereocenters. The minimum atomic E-state index is -1.52. The first-order valence-corrected chi connectivity index (χ1v) is 13.5. The van der Waals surface area contributed by atoms with Crippen LogP contribution in [0.5, 0.6) is 5.75 Å². The van der Waals surface area contributed by atoms with Crippen LogP contribution in [0, 0.1) is 12.3 Å². The highest BCUT2D eigenvalue weighted by Gasteiger charge is 2.71. The summed E-state index contributed by atoms with van der Waals surface area (Å²) in [4.78, 5) is 46.1. The molecule has 0 bridgehead atoms. The third-order valence-corrected chi connectivity index (χ3v) is 8.74. The maximum atomic E-state index is 14.7. The van der Waals surface area contributed by atoms with Gasteiger partial charge in [0.05, 0.1) is 13.2 Å². The van der Waals surface area contributed by atoms with Crippen molar-refractivity contribution < 1.29 is 19.1 Å². The molecule has 1 saturated heterocycles. The van der Waals surface area contributed by atoms with Gasteiger partial charge in [-0.15, -0.1) is 0 Å². The van der Waals surface area contributed by atoms with E-state index in [2.05, 4.69) is 6.07 Å². The number of aryl methyl sites for hydroxylation is 1. The number of hydrogen-bond acceptors (Lipinski definition) is 5. The van der Waals surface area contributed by atoms with E-state index >= 15 is 0 Å². The summed E-state index contributed by atoms with van der Waals surface area (Å²) in [6.45, 7) is 2.01. The first-order valence-electron chi connectivity index (χ1n) is 13.5. The molecule has 4 aromatic carbocycles. The molecule has 1 aliphatic carbocycles. The van der Waals surface area contributed by atoms with E-state index in [0.717, 1.165) is 22.4 Å². The maximum absolute atomic E-state index is 14.7. The van der Waals surface area contributed by atoms with Crippen LogP contribution in [0.2, 0.25) is 0 Å². The Kier molecular flexibility index (Phi) is 5.39. The number of carbonyl (C=O) groups is 3. The number of ketones is 3. The van der Waals surface area contributed by atoms with Crippen molar-refractivity contribution in [3.63, 3.8) is 0 Å². The minimum Gasteiger partial charge on any atom is -0.497 e. The molecule has 196 valence electrons. The zero-order chi connectivity index (χ0) is 27.6. The summed E-state index contributed by atoms with van der Waals surface area (Å²) in [5, 5.41) is 0. The molecular formula is C35H27NO4. The lowest BCUT2D eigenvalue weighted by molar-refractivity contribution is 0.0665. The zero-order valence-corrected chi connectivity index (χ0v) is 22.2. The van der Waals surface area contributed by atoms with Crippen LogP contribution in [0.3, 0.4) is 0 Å².